The van der Waals surface area contributed by atoms with Gasteiger partial charge in [0.25, 0.3) is 0 Å². The summed E-state index contributed by atoms with van der Waals surface area (Å²) in [6.07, 6.45) is -0.0258. The fourth-order valence-corrected chi connectivity index (χ4v) is 2.25. The SMILES string of the molecule is FC(F)(F)c1cc(NCc2ccc(-c3ccc(Cl)nc3)cn2)ccn1. The molecule has 1 N–H and O–H groups in total. The van der Waals surface area contributed by atoms with Crippen molar-refractivity contribution in [2.24, 2.45) is 0 Å². The Morgan fingerprint density at radius 1 is 0.920 bits per heavy atom. The Kier molecular flexibility index (Phi) is 4.85. The van der Waals surface area contributed by atoms with E-state index in [0.717, 1.165) is 23.4 Å². The minimum atomic E-state index is -4.47. The first-order chi connectivity index (χ1) is 11.9. The van der Waals surface area contributed by atoms with Crippen LogP contribution in [0.15, 0.2) is 55.0 Å². The van der Waals surface area contributed by atoms with Crippen LogP contribution in [0.4, 0.5) is 18.9 Å². The maximum absolute atomic E-state index is 12.6. The molecule has 0 fully saturated rings. The highest BCUT2D eigenvalue weighted by molar-refractivity contribution is 6.29. The van der Waals surface area contributed by atoms with Gasteiger partial charge in [-0.05, 0) is 30.3 Å². The van der Waals surface area contributed by atoms with Crippen molar-refractivity contribution >= 4 is 17.3 Å². The van der Waals surface area contributed by atoms with Gasteiger partial charge in [0.1, 0.15) is 10.8 Å². The predicted octanol–water partition coefficient (Wildman–Crippen LogP) is 4.82. The van der Waals surface area contributed by atoms with Gasteiger partial charge in [-0.15, -0.1) is 0 Å². The van der Waals surface area contributed by atoms with Crippen LogP contribution in [0.5, 0.6) is 0 Å². The van der Waals surface area contributed by atoms with Crippen LogP contribution in [0.25, 0.3) is 11.1 Å². The number of hydrogen-bond donors (Lipinski definition) is 1. The molecule has 3 heterocycles. The molecular formula is C17H12ClF3N4. The molecule has 0 unspecified atom stereocenters. The third kappa shape index (κ3) is 4.45. The molecule has 0 amide bonds. The second-order valence-corrected chi connectivity index (χ2v) is 5.58. The van der Waals surface area contributed by atoms with Gasteiger partial charge in [-0.25, -0.2) is 4.98 Å². The number of nitrogens with one attached hydrogen (secondary N) is 1. The highest BCUT2D eigenvalue weighted by Gasteiger charge is 2.32. The summed E-state index contributed by atoms with van der Waals surface area (Å²) in [6.45, 7) is 0.292. The molecule has 128 valence electrons. The van der Waals surface area contributed by atoms with Crippen LogP contribution in [0.1, 0.15) is 11.4 Å². The molecule has 0 atom stereocenters. The molecular weight excluding hydrogens is 353 g/mol. The van der Waals surface area contributed by atoms with Gasteiger partial charge in [0, 0.05) is 35.4 Å². The molecule has 0 aliphatic rings. The van der Waals surface area contributed by atoms with Crippen molar-refractivity contribution in [3.8, 4) is 11.1 Å². The summed E-state index contributed by atoms with van der Waals surface area (Å²) < 4.78 is 37.9. The minimum Gasteiger partial charge on any atom is -0.379 e. The molecule has 0 radical (unpaired) electrons. The highest BCUT2D eigenvalue weighted by Crippen LogP contribution is 2.28. The topological polar surface area (TPSA) is 50.7 Å². The van der Waals surface area contributed by atoms with Crippen LogP contribution in [-0.4, -0.2) is 15.0 Å². The van der Waals surface area contributed by atoms with E-state index in [1.807, 2.05) is 12.1 Å². The maximum atomic E-state index is 12.6. The first-order valence-corrected chi connectivity index (χ1v) is 7.63. The van der Waals surface area contributed by atoms with Crippen LogP contribution in [0.3, 0.4) is 0 Å². The van der Waals surface area contributed by atoms with E-state index in [1.54, 1.807) is 24.5 Å². The zero-order chi connectivity index (χ0) is 17.9. The third-order valence-corrected chi connectivity index (χ3v) is 3.63. The number of halogens is 4. The lowest BCUT2D eigenvalue weighted by Gasteiger charge is -2.10. The number of alkyl halides is 3. The van der Waals surface area contributed by atoms with Crippen molar-refractivity contribution in [1.29, 1.82) is 0 Å². The summed E-state index contributed by atoms with van der Waals surface area (Å²) in [5, 5.41) is 3.32. The summed E-state index contributed by atoms with van der Waals surface area (Å²) in [4.78, 5) is 11.6. The molecule has 8 heteroatoms. The van der Waals surface area contributed by atoms with Crippen molar-refractivity contribution in [2.75, 3.05) is 5.32 Å². The van der Waals surface area contributed by atoms with Crippen molar-refractivity contribution in [3.05, 3.63) is 71.5 Å². The molecule has 0 saturated heterocycles. The number of hydrogen-bond acceptors (Lipinski definition) is 4. The molecule has 0 saturated carbocycles. The van der Waals surface area contributed by atoms with Crippen molar-refractivity contribution in [3.63, 3.8) is 0 Å². The largest absolute Gasteiger partial charge is 0.433 e. The fraction of sp³-hybridized carbons (Fsp3) is 0.118. The molecule has 3 aromatic heterocycles. The van der Waals surface area contributed by atoms with Crippen LogP contribution in [0, 0.1) is 0 Å². The molecule has 0 spiro atoms. The molecule has 3 rings (SSSR count). The van der Waals surface area contributed by atoms with Gasteiger partial charge >= 0.3 is 6.18 Å². The lowest BCUT2D eigenvalue weighted by molar-refractivity contribution is -0.141. The van der Waals surface area contributed by atoms with E-state index in [4.69, 9.17) is 11.6 Å². The Labute approximate surface area is 146 Å². The van der Waals surface area contributed by atoms with Gasteiger partial charge in [0.15, 0.2) is 0 Å². The van der Waals surface area contributed by atoms with Gasteiger partial charge in [0.05, 0.1) is 12.2 Å². The first kappa shape index (κ1) is 17.2. The normalized spacial score (nSPS) is 11.4. The van der Waals surface area contributed by atoms with E-state index in [-0.39, 0.29) is 0 Å². The zero-order valence-corrected chi connectivity index (χ0v) is 13.5. The number of rotatable bonds is 4. The Balaban J connectivity index is 1.67. The van der Waals surface area contributed by atoms with Gasteiger partial charge in [-0.2, -0.15) is 13.2 Å². The minimum absolute atomic E-state index is 0.292. The Morgan fingerprint density at radius 2 is 1.64 bits per heavy atom. The van der Waals surface area contributed by atoms with Gasteiger partial charge in [-0.1, -0.05) is 17.7 Å². The molecule has 0 aromatic carbocycles. The molecule has 0 aliphatic carbocycles. The summed E-state index contributed by atoms with van der Waals surface area (Å²) in [5.41, 5.74) is 1.83. The lowest BCUT2D eigenvalue weighted by atomic mass is 10.1. The summed E-state index contributed by atoms with van der Waals surface area (Å²) in [7, 11) is 0. The quantitative estimate of drug-likeness (QED) is 0.674. The van der Waals surface area contributed by atoms with Crippen LogP contribution < -0.4 is 5.32 Å². The number of pyridine rings is 3. The molecule has 25 heavy (non-hydrogen) atoms. The van der Waals surface area contributed by atoms with E-state index < -0.39 is 11.9 Å². The monoisotopic (exact) mass is 364 g/mol. The smallest absolute Gasteiger partial charge is 0.379 e. The van der Waals surface area contributed by atoms with Crippen LogP contribution in [0.2, 0.25) is 5.15 Å². The first-order valence-electron chi connectivity index (χ1n) is 7.26. The van der Waals surface area contributed by atoms with E-state index >= 15 is 0 Å². The maximum Gasteiger partial charge on any atom is 0.433 e. The average molecular weight is 365 g/mol. The van der Waals surface area contributed by atoms with Gasteiger partial charge in [0.2, 0.25) is 0 Å². The fourth-order valence-electron chi connectivity index (χ4n) is 2.13. The van der Waals surface area contributed by atoms with E-state index in [0.29, 0.717) is 23.1 Å². The highest BCUT2D eigenvalue weighted by atomic mass is 35.5. The Hall–Kier alpha value is -2.67. The van der Waals surface area contributed by atoms with Gasteiger partial charge < -0.3 is 5.32 Å². The van der Waals surface area contributed by atoms with Crippen molar-refractivity contribution in [1.82, 2.24) is 15.0 Å². The third-order valence-electron chi connectivity index (χ3n) is 3.41. The molecule has 0 bridgehead atoms. The Bertz CT molecular complexity index is 849. The second-order valence-electron chi connectivity index (χ2n) is 5.19. The van der Waals surface area contributed by atoms with E-state index in [9.17, 15) is 13.2 Å². The van der Waals surface area contributed by atoms with Crippen molar-refractivity contribution < 1.29 is 13.2 Å². The number of aromatic nitrogens is 3. The average Bonchev–Trinajstić information content (AvgIpc) is 2.61. The second kappa shape index (κ2) is 7.06. The van der Waals surface area contributed by atoms with Gasteiger partial charge in [-0.3, -0.25) is 9.97 Å². The predicted molar refractivity (Wildman–Crippen MR) is 89.0 cm³/mol. The van der Waals surface area contributed by atoms with Crippen LogP contribution in [-0.2, 0) is 12.7 Å². The summed E-state index contributed by atoms with van der Waals surface area (Å²) in [5.74, 6) is 0. The number of anilines is 1. The summed E-state index contributed by atoms with van der Waals surface area (Å²) >= 11 is 5.75. The van der Waals surface area contributed by atoms with Crippen LogP contribution >= 0.6 is 11.6 Å². The van der Waals surface area contributed by atoms with E-state index in [1.165, 1.54) is 6.07 Å². The molecule has 0 aliphatic heterocycles. The Morgan fingerprint density at radius 3 is 2.24 bits per heavy atom. The van der Waals surface area contributed by atoms with E-state index in [2.05, 4.69) is 20.3 Å². The molecule has 4 nitrogen and oxygen atoms in total. The zero-order valence-electron chi connectivity index (χ0n) is 12.8. The summed E-state index contributed by atoms with van der Waals surface area (Å²) in [6, 6.07) is 9.62. The standard InChI is InChI=1S/C17H12ClF3N4/c18-16-4-2-12(9-25-16)11-1-3-14(23-8-11)10-24-13-5-6-22-15(7-13)17(19,20)21/h1-9H,10H2,(H,22,24). The van der Waals surface area contributed by atoms with Crippen molar-refractivity contribution in [2.45, 2.75) is 12.7 Å². The lowest BCUT2D eigenvalue weighted by Crippen LogP contribution is -2.09. The molecule has 3 aromatic rings. The number of nitrogens with zero attached hydrogens (tertiary/aromatic N) is 3.